The Hall–Kier alpha value is -1.52. The second kappa shape index (κ2) is 5.38. The second-order valence-electron chi connectivity index (χ2n) is 3.52. The van der Waals surface area contributed by atoms with Gasteiger partial charge in [0.15, 0.2) is 0 Å². The molecule has 0 radical (unpaired) electrons. The van der Waals surface area contributed by atoms with E-state index in [1.165, 1.54) is 4.90 Å². The lowest BCUT2D eigenvalue weighted by Gasteiger charge is -2.32. The third-order valence-electron chi connectivity index (χ3n) is 2.45. The smallest absolute Gasteiger partial charge is 0.326 e. The quantitative estimate of drug-likeness (QED) is 0.680. The zero-order valence-electron chi connectivity index (χ0n) is 8.61. The maximum atomic E-state index is 11.6. The van der Waals surface area contributed by atoms with Gasteiger partial charge in [-0.05, 0) is 19.3 Å². The van der Waals surface area contributed by atoms with Gasteiger partial charge in [0.25, 0.3) is 0 Å². The molecule has 0 aliphatic carbocycles. The van der Waals surface area contributed by atoms with Crippen LogP contribution in [-0.2, 0) is 4.79 Å². The van der Waals surface area contributed by atoms with Crippen molar-refractivity contribution in [2.24, 2.45) is 0 Å². The molecule has 0 bridgehead atoms. The maximum Gasteiger partial charge on any atom is 0.326 e. The minimum absolute atomic E-state index is 0.318. The molecule has 15 heavy (non-hydrogen) atoms. The fraction of sp³-hybridized carbons (Fsp3) is 0.600. The number of urea groups is 1. The highest BCUT2D eigenvalue weighted by molar-refractivity contribution is 5.82. The minimum Gasteiger partial charge on any atom is -0.480 e. The highest BCUT2D eigenvalue weighted by Crippen LogP contribution is 2.16. The van der Waals surface area contributed by atoms with Gasteiger partial charge in [0.1, 0.15) is 6.04 Å². The first-order valence-electron chi connectivity index (χ1n) is 5.05. The van der Waals surface area contributed by atoms with Crippen molar-refractivity contribution in [2.75, 3.05) is 13.1 Å². The Balaban J connectivity index is 2.58. The monoisotopic (exact) mass is 212 g/mol. The number of carboxylic acid groups (broad SMARTS) is 1. The van der Waals surface area contributed by atoms with Gasteiger partial charge in [-0.1, -0.05) is 6.08 Å². The van der Waals surface area contributed by atoms with Crippen molar-refractivity contribution in [3.8, 4) is 0 Å². The number of nitrogens with zero attached hydrogens (tertiary/aromatic N) is 1. The van der Waals surface area contributed by atoms with E-state index in [1.807, 2.05) is 0 Å². The van der Waals surface area contributed by atoms with Crippen molar-refractivity contribution in [1.29, 1.82) is 0 Å². The number of piperidine rings is 1. The van der Waals surface area contributed by atoms with Crippen LogP contribution in [0.1, 0.15) is 19.3 Å². The Kier molecular flexibility index (Phi) is 4.15. The van der Waals surface area contributed by atoms with Crippen molar-refractivity contribution < 1.29 is 14.7 Å². The molecule has 1 unspecified atom stereocenters. The molecule has 84 valence electrons. The van der Waals surface area contributed by atoms with E-state index in [1.54, 1.807) is 6.08 Å². The molecule has 0 saturated carbocycles. The zero-order chi connectivity index (χ0) is 11.3. The van der Waals surface area contributed by atoms with Gasteiger partial charge in [-0.15, -0.1) is 6.58 Å². The largest absolute Gasteiger partial charge is 0.480 e. The first kappa shape index (κ1) is 11.6. The summed E-state index contributed by atoms with van der Waals surface area (Å²) in [6.45, 7) is 4.36. The van der Waals surface area contributed by atoms with Crippen LogP contribution in [0.25, 0.3) is 0 Å². The van der Waals surface area contributed by atoms with Gasteiger partial charge in [0.2, 0.25) is 0 Å². The molecule has 1 saturated heterocycles. The number of likely N-dealkylation sites (tertiary alicyclic amines) is 1. The van der Waals surface area contributed by atoms with Crippen molar-refractivity contribution in [3.05, 3.63) is 12.7 Å². The van der Waals surface area contributed by atoms with Gasteiger partial charge >= 0.3 is 12.0 Å². The lowest BCUT2D eigenvalue weighted by atomic mass is 10.0. The van der Waals surface area contributed by atoms with Crippen LogP contribution in [0, 0.1) is 0 Å². The number of hydrogen-bond acceptors (Lipinski definition) is 2. The fourth-order valence-electron chi connectivity index (χ4n) is 1.69. The summed E-state index contributed by atoms with van der Waals surface area (Å²) in [6, 6.07) is -0.995. The molecule has 1 rings (SSSR count). The van der Waals surface area contributed by atoms with Crippen LogP contribution in [0.5, 0.6) is 0 Å². The number of aliphatic carboxylic acids is 1. The zero-order valence-corrected chi connectivity index (χ0v) is 8.61. The molecule has 0 aromatic heterocycles. The predicted molar refractivity (Wildman–Crippen MR) is 55.6 cm³/mol. The van der Waals surface area contributed by atoms with Crippen LogP contribution in [0.3, 0.4) is 0 Å². The fourth-order valence-corrected chi connectivity index (χ4v) is 1.69. The predicted octanol–water partition coefficient (Wildman–Crippen LogP) is 0.821. The Labute approximate surface area is 88.8 Å². The molecule has 1 fully saturated rings. The summed E-state index contributed by atoms with van der Waals surface area (Å²) in [5.74, 6) is -0.927. The Bertz CT molecular complexity index is 265. The van der Waals surface area contributed by atoms with Crippen LogP contribution in [0.15, 0.2) is 12.7 Å². The average Bonchev–Trinajstić information content (AvgIpc) is 2.25. The van der Waals surface area contributed by atoms with Gasteiger partial charge in [-0.3, -0.25) is 0 Å². The summed E-state index contributed by atoms with van der Waals surface area (Å²) in [4.78, 5) is 23.9. The second-order valence-corrected chi connectivity index (χ2v) is 3.52. The molecule has 0 spiro atoms. The Morgan fingerprint density at radius 3 is 2.87 bits per heavy atom. The molecular weight excluding hydrogens is 196 g/mol. The van der Waals surface area contributed by atoms with E-state index in [0.717, 1.165) is 12.8 Å². The number of amides is 2. The summed E-state index contributed by atoms with van der Waals surface area (Å²) in [5.41, 5.74) is 0. The molecule has 2 amide bonds. The number of carbonyl (C=O) groups is 2. The Morgan fingerprint density at radius 2 is 2.27 bits per heavy atom. The van der Waals surface area contributed by atoms with Crippen LogP contribution in [0.4, 0.5) is 4.79 Å². The average molecular weight is 212 g/mol. The minimum atomic E-state index is -0.927. The van der Waals surface area contributed by atoms with Gasteiger partial charge in [-0.2, -0.15) is 0 Å². The standard InChI is InChI=1S/C10H16N2O3/c1-2-6-11-10(15)12-7-4-3-5-8(12)9(13)14/h2,8H,1,3-7H2,(H,11,15)(H,13,14). The summed E-state index contributed by atoms with van der Waals surface area (Å²) >= 11 is 0. The third-order valence-corrected chi connectivity index (χ3v) is 2.45. The molecule has 2 N–H and O–H groups in total. The van der Waals surface area contributed by atoms with E-state index in [2.05, 4.69) is 11.9 Å². The van der Waals surface area contributed by atoms with Crippen LogP contribution in [-0.4, -0.2) is 41.1 Å². The molecular formula is C10H16N2O3. The van der Waals surface area contributed by atoms with Crippen molar-refractivity contribution >= 4 is 12.0 Å². The Morgan fingerprint density at radius 1 is 1.53 bits per heavy atom. The summed E-state index contributed by atoms with van der Waals surface area (Å²) in [5, 5.41) is 11.5. The van der Waals surface area contributed by atoms with Gasteiger partial charge in [0.05, 0.1) is 0 Å². The van der Waals surface area contributed by atoms with E-state index in [0.29, 0.717) is 19.5 Å². The molecule has 1 aliphatic heterocycles. The molecule has 1 atom stereocenters. The molecule has 0 aromatic rings. The van der Waals surface area contributed by atoms with Crippen LogP contribution >= 0.6 is 0 Å². The third kappa shape index (κ3) is 2.97. The van der Waals surface area contributed by atoms with Crippen LogP contribution in [0.2, 0.25) is 0 Å². The van der Waals surface area contributed by atoms with Crippen molar-refractivity contribution in [2.45, 2.75) is 25.3 Å². The number of carboxylic acids is 1. The first-order chi connectivity index (χ1) is 7.16. The van der Waals surface area contributed by atoms with E-state index in [4.69, 9.17) is 5.11 Å². The maximum absolute atomic E-state index is 11.6. The molecule has 0 aromatic carbocycles. The highest BCUT2D eigenvalue weighted by atomic mass is 16.4. The first-order valence-corrected chi connectivity index (χ1v) is 5.05. The van der Waals surface area contributed by atoms with E-state index >= 15 is 0 Å². The lowest BCUT2D eigenvalue weighted by Crippen LogP contribution is -2.51. The van der Waals surface area contributed by atoms with Gasteiger partial charge < -0.3 is 15.3 Å². The number of carbonyl (C=O) groups excluding carboxylic acids is 1. The van der Waals surface area contributed by atoms with E-state index in [-0.39, 0.29) is 6.03 Å². The molecule has 5 heteroatoms. The van der Waals surface area contributed by atoms with Gasteiger partial charge in [-0.25, -0.2) is 9.59 Å². The number of rotatable bonds is 3. The van der Waals surface area contributed by atoms with Crippen molar-refractivity contribution in [3.63, 3.8) is 0 Å². The summed E-state index contributed by atoms with van der Waals surface area (Å²) < 4.78 is 0. The lowest BCUT2D eigenvalue weighted by molar-refractivity contribution is -0.143. The SMILES string of the molecule is C=CCNC(=O)N1CCCCC1C(=O)O. The van der Waals surface area contributed by atoms with Gasteiger partial charge in [0, 0.05) is 13.1 Å². The number of nitrogens with one attached hydrogen (secondary N) is 1. The highest BCUT2D eigenvalue weighted by Gasteiger charge is 2.31. The topological polar surface area (TPSA) is 69.6 Å². The van der Waals surface area contributed by atoms with E-state index in [9.17, 15) is 9.59 Å². The van der Waals surface area contributed by atoms with Crippen molar-refractivity contribution in [1.82, 2.24) is 10.2 Å². The molecule has 1 aliphatic rings. The molecule has 1 heterocycles. The molecule has 5 nitrogen and oxygen atoms in total. The summed E-state index contributed by atoms with van der Waals surface area (Å²) in [7, 11) is 0. The normalized spacial score (nSPS) is 20.8. The summed E-state index contributed by atoms with van der Waals surface area (Å²) in [6.07, 6.45) is 3.84. The van der Waals surface area contributed by atoms with E-state index < -0.39 is 12.0 Å². The van der Waals surface area contributed by atoms with Crippen LogP contribution < -0.4 is 5.32 Å². The number of hydrogen-bond donors (Lipinski definition) is 2.